The first-order valence-corrected chi connectivity index (χ1v) is 24.4. The number of likely N-dealkylation sites (tertiary alicyclic amines) is 1. The molecule has 4 aliphatic rings. The molecule has 4 aliphatic heterocycles. The van der Waals surface area contributed by atoms with Crippen LogP contribution < -0.4 is 10.7 Å². The molecule has 17 nitrogen and oxygen atoms in total. The lowest BCUT2D eigenvalue weighted by molar-refractivity contribution is -0.189. The average molecular weight is 959 g/mol. The molecule has 6 heterocycles. The number of hydrogen-bond acceptors (Lipinski definition) is 12. The fourth-order valence-corrected chi connectivity index (χ4v) is 10.3. The SMILES string of the molecule is CCn1c(-c2cccnc2)c2c3cc(ccc31)-c1cccc(c1)C[C@H](NC(=O)[C@H](C(C)C)N(C)C(=O)[C@@]1(O)CCN(C(=O)C#CCN3CCOCC3)C1)C(=O)N1CCC[C@@](O)(N1)C(=O)OCC(C)(C)C2. The van der Waals surface area contributed by atoms with Gasteiger partial charge in [-0.05, 0) is 78.1 Å². The van der Waals surface area contributed by atoms with E-state index in [1.54, 1.807) is 20.0 Å². The minimum atomic E-state index is -2.24. The van der Waals surface area contributed by atoms with Crippen LogP contribution in [0.25, 0.3) is 33.3 Å². The lowest BCUT2D eigenvalue weighted by Crippen LogP contribution is -2.67. The average Bonchev–Trinajstić information content (AvgIpc) is 3.90. The maximum atomic E-state index is 14.8. The third-order valence-corrected chi connectivity index (χ3v) is 14.0. The van der Waals surface area contributed by atoms with Crippen molar-refractivity contribution in [1.82, 2.24) is 40.0 Å². The Hall–Kier alpha value is -6.16. The molecule has 0 saturated carbocycles. The van der Waals surface area contributed by atoms with Crippen LogP contribution >= 0.6 is 0 Å². The summed E-state index contributed by atoms with van der Waals surface area (Å²) in [6, 6.07) is 15.7. The number of esters is 1. The number of ether oxygens (including phenoxy) is 2. The standard InChI is InChI=1S/C53H66N8O9/c1-7-60-43-17-16-38-30-40(43)41(46(60)39-14-9-20-54-32-39)31-51(4,5)34-70-50(66)53(68)18-11-22-61(56-53)48(64)42(29-36-12-8-13-37(38)28-36)55-47(63)45(35(2)3)57(6)49(65)52(67)19-23-59(33-52)44(62)15-10-21-58-24-26-69-27-25-58/h8-9,12-14,16-17,20,28,30,32,35,42,45,56,67-68H,7,11,18-19,21-27,29,31,33-34H2,1-6H3,(H,55,63)/t42-,45-,52+,53-/m0/s1. The summed E-state index contributed by atoms with van der Waals surface area (Å²) in [5.41, 5.74) is 4.56. The molecule has 4 N–H and O–H groups in total. The van der Waals surface area contributed by atoms with Gasteiger partial charge in [0.15, 0.2) is 5.60 Å². The van der Waals surface area contributed by atoms with E-state index in [4.69, 9.17) is 9.47 Å². The number of cyclic esters (lactones) is 1. The van der Waals surface area contributed by atoms with Crippen LogP contribution in [-0.2, 0) is 52.8 Å². The van der Waals surface area contributed by atoms with Gasteiger partial charge in [-0.25, -0.2) is 4.79 Å². The van der Waals surface area contributed by atoms with Gasteiger partial charge in [0.05, 0.1) is 38.6 Å². The van der Waals surface area contributed by atoms with E-state index in [9.17, 15) is 34.2 Å². The van der Waals surface area contributed by atoms with Crippen LogP contribution in [0.4, 0.5) is 0 Å². The van der Waals surface area contributed by atoms with E-state index < -0.39 is 64.3 Å². The predicted octanol–water partition coefficient (Wildman–Crippen LogP) is 3.14. The molecular weight excluding hydrogens is 893 g/mol. The van der Waals surface area contributed by atoms with Gasteiger partial charge in [0.25, 0.3) is 17.7 Å². The van der Waals surface area contributed by atoms with E-state index in [2.05, 4.69) is 62.2 Å². The number of carbonyl (C=O) groups excluding carboxylic acids is 5. The van der Waals surface area contributed by atoms with Crippen molar-refractivity contribution in [3.63, 3.8) is 0 Å². The summed E-state index contributed by atoms with van der Waals surface area (Å²) in [6.45, 7) is 13.3. The van der Waals surface area contributed by atoms with Crippen molar-refractivity contribution in [1.29, 1.82) is 0 Å². The molecule has 2 aromatic carbocycles. The summed E-state index contributed by atoms with van der Waals surface area (Å²) in [5.74, 6) is 1.62. The Labute approximate surface area is 409 Å². The van der Waals surface area contributed by atoms with Crippen molar-refractivity contribution in [2.75, 3.05) is 66.1 Å². The molecule has 4 aromatic rings. The lowest BCUT2D eigenvalue weighted by Gasteiger charge is -2.40. The number of hydrogen-bond donors (Lipinski definition) is 4. The molecule has 4 atom stereocenters. The molecule has 3 saturated heterocycles. The van der Waals surface area contributed by atoms with Crippen molar-refractivity contribution < 1.29 is 43.7 Å². The number of benzene rings is 2. The summed E-state index contributed by atoms with van der Waals surface area (Å²) < 4.78 is 13.6. The number of nitrogens with zero attached hydrogens (tertiary/aromatic N) is 6. The fourth-order valence-electron chi connectivity index (χ4n) is 10.3. The van der Waals surface area contributed by atoms with E-state index in [0.717, 1.165) is 62.5 Å². The molecule has 8 rings (SSSR count). The first-order valence-electron chi connectivity index (χ1n) is 24.4. The van der Waals surface area contributed by atoms with Crippen LogP contribution in [0, 0.1) is 23.2 Å². The number of pyridine rings is 1. The number of amides is 4. The number of aryl methyl sites for hydroxylation is 1. The Kier molecular flexibility index (Phi) is 14.8. The second-order valence-electron chi connectivity index (χ2n) is 20.3. The Balaban J connectivity index is 1.10. The van der Waals surface area contributed by atoms with E-state index >= 15 is 0 Å². The van der Waals surface area contributed by atoms with Crippen molar-refractivity contribution in [2.24, 2.45) is 11.3 Å². The zero-order valence-electron chi connectivity index (χ0n) is 41.1. The molecule has 0 aliphatic carbocycles. The van der Waals surface area contributed by atoms with Gasteiger partial charge in [0, 0.05) is 93.3 Å². The number of β-amino-alcohol motifs (C(OH)–C–C–N with tert-alkyl or cyclic N) is 1. The molecule has 0 unspecified atom stereocenters. The van der Waals surface area contributed by atoms with Crippen LogP contribution in [0.15, 0.2) is 67.0 Å². The topological polar surface area (TPSA) is 199 Å². The summed E-state index contributed by atoms with van der Waals surface area (Å²) in [6.07, 6.45) is 4.30. The Bertz CT molecular complexity index is 2690. The molecule has 17 heteroatoms. The predicted molar refractivity (Wildman–Crippen MR) is 262 cm³/mol. The van der Waals surface area contributed by atoms with Crippen molar-refractivity contribution in [3.05, 3.63) is 78.1 Å². The number of hydrazine groups is 1. The van der Waals surface area contributed by atoms with Gasteiger partial charge < -0.3 is 39.4 Å². The Morgan fingerprint density at radius 1 is 0.986 bits per heavy atom. The van der Waals surface area contributed by atoms with Crippen LogP contribution in [0.2, 0.25) is 0 Å². The first kappa shape index (κ1) is 50.2. The molecule has 70 heavy (non-hydrogen) atoms. The molecule has 0 spiro atoms. The largest absolute Gasteiger partial charge is 0.462 e. The molecule has 3 fully saturated rings. The summed E-state index contributed by atoms with van der Waals surface area (Å²) in [7, 11) is 1.43. The van der Waals surface area contributed by atoms with Gasteiger partial charge in [0.1, 0.15) is 12.1 Å². The smallest absolute Gasteiger partial charge is 0.355 e. The highest BCUT2D eigenvalue weighted by Gasteiger charge is 2.49. The van der Waals surface area contributed by atoms with E-state index in [0.29, 0.717) is 32.7 Å². The van der Waals surface area contributed by atoms with E-state index in [1.807, 2.05) is 56.4 Å². The van der Waals surface area contributed by atoms with Gasteiger partial charge in [-0.15, -0.1) is 0 Å². The molecule has 372 valence electrons. The quantitative estimate of drug-likeness (QED) is 0.149. The minimum absolute atomic E-state index is 0.00851. The van der Waals surface area contributed by atoms with Crippen molar-refractivity contribution >= 4 is 40.5 Å². The van der Waals surface area contributed by atoms with Gasteiger partial charge in [0.2, 0.25) is 11.6 Å². The van der Waals surface area contributed by atoms with Gasteiger partial charge in [-0.2, -0.15) is 5.43 Å². The summed E-state index contributed by atoms with van der Waals surface area (Å²) in [5, 5.41) is 28.7. The third-order valence-electron chi connectivity index (χ3n) is 14.0. The second-order valence-corrected chi connectivity index (χ2v) is 20.3. The Morgan fingerprint density at radius 2 is 1.74 bits per heavy atom. The van der Waals surface area contributed by atoms with E-state index in [-0.39, 0.29) is 51.9 Å². The van der Waals surface area contributed by atoms with Gasteiger partial charge >= 0.3 is 5.97 Å². The summed E-state index contributed by atoms with van der Waals surface area (Å²) >= 11 is 0. The number of carbonyl (C=O) groups is 5. The number of fused-ring (bicyclic) bond motifs is 6. The number of rotatable bonds is 8. The molecule has 0 radical (unpaired) electrons. The number of likely N-dealkylation sites (N-methyl/N-ethyl adjacent to an activating group) is 1. The van der Waals surface area contributed by atoms with Gasteiger partial charge in [-0.1, -0.05) is 63.9 Å². The third kappa shape index (κ3) is 10.6. The highest BCUT2D eigenvalue weighted by Crippen LogP contribution is 2.40. The van der Waals surface area contributed by atoms with E-state index in [1.165, 1.54) is 16.8 Å². The second kappa shape index (κ2) is 20.7. The molecule has 6 bridgehead atoms. The zero-order valence-corrected chi connectivity index (χ0v) is 41.1. The van der Waals surface area contributed by atoms with Crippen LogP contribution in [0.1, 0.15) is 65.0 Å². The maximum absolute atomic E-state index is 14.8. The normalized spacial score (nSPS) is 23.5. The van der Waals surface area contributed by atoms with Crippen LogP contribution in [0.3, 0.4) is 0 Å². The van der Waals surface area contributed by atoms with Crippen LogP contribution in [-0.4, -0.2) is 159 Å². The zero-order chi connectivity index (χ0) is 50.0. The number of morpholine rings is 1. The van der Waals surface area contributed by atoms with Gasteiger partial charge in [-0.3, -0.25) is 34.1 Å². The minimum Gasteiger partial charge on any atom is -0.462 e. The number of aromatic nitrogens is 2. The van der Waals surface area contributed by atoms with Crippen molar-refractivity contribution in [2.45, 2.75) is 96.7 Å². The number of nitrogens with one attached hydrogen (secondary N) is 2. The highest BCUT2D eigenvalue weighted by atomic mass is 16.6. The molecule has 4 amide bonds. The highest BCUT2D eigenvalue weighted by molar-refractivity contribution is 5.98. The van der Waals surface area contributed by atoms with Crippen molar-refractivity contribution in [3.8, 4) is 34.2 Å². The molecular formula is C53H66N8O9. The monoisotopic (exact) mass is 958 g/mol. The fraction of sp³-hybridized carbons (Fsp3) is 0.509. The Morgan fingerprint density at radius 3 is 2.47 bits per heavy atom. The number of aliphatic hydroxyl groups is 2. The molecule has 2 aromatic heterocycles. The summed E-state index contributed by atoms with van der Waals surface area (Å²) in [4.78, 5) is 79.7. The maximum Gasteiger partial charge on any atom is 0.355 e. The first-order chi connectivity index (χ1) is 33.4. The van der Waals surface area contributed by atoms with Crippen LogP contribution in [0.5, 0.6) is 0 Å². The lowest BCUT2D eigenvalue weighted by atomic mass is 9.84.